The molecule has 0 spiro atoms. The summed E-state index contributed by atoms with van der Waals surface area (Å²) >= 11 is 0. The smallest absolute Gasteiger partial charge is 0.352 e. The molecule has 0 saturated heterocycles. The topological polar surface area (TPSA) is 113 Å². The fourth-order valence-corrected chi connectivity index (χ4v) is 3.75. The van der Waals surface area contributed by atoms with Crippen LogP contribution in [0.25, 0.3) is 0 Å². The highest BCUT2D eigenvalue weighted by atomic mass is 19.3. The van der Waals surface area contributed by atoms with Crippen LogP contribution in [0.15, 0.2) is 24.4 Å². The van der Waals surface area contributed by atoms with Crippen molar-refractivity contribution in [2.45, 2.75) is 25.7 Å². The van der Waals surface area contributed by atoms with Crippen molar-refractivity contribution in [3.05, 3.63) is 35.5 Å². The van der Waals surface area contributed by atoms with Gasteiger partial charge in [0.1, 0.15) is 5.82 Å². The van der Waals surface area contributed by atoms with Gasteiger partial charge in [-0.15, -0.1) is 0 Å². The van der Waals surface area contributed by atoms with E-state index >= 15 is 0 Å². The zero-order valence-electron chi connectivity index (χ0n) is 18.3. The van der Waals surface area contributed by atoms with Crippen LogP contribution in [0, 0.1) is 5.92 Å². The molecule has 0 atom stereocenters. The highest BCUT2D eigenvalue weighted by Crippen LogP contribution is 2.51. The molecule has 0 bridgehead atoms. The summed E-state index contributed by atoms with van der Waals surface area (Å²) in [5, 5.41) is 8.24. The van der Waals surface area contributed by atoms with Crippen molar-refractivity contribution < 1.29 is 27.9 Å². The van der Waals surface area contributed by atoms with Gasteiger partial charge in [0.15, 0.2) is 5.75 Å². The fourth-order valence-electron chi connectivity index (χ4n) is 3.75. The number of nitrogens with zero attached hydrogens (tertiary/aromatic N) is 2. The highest BCUT2D eigenvalue weighted by molar-refractivity contribution is 6.09. The number of benzene rings is 1. The van der Waals surface area contributed by atoms with Crippen molar-refractivity contribution in [1.29, 1.82) is 0 Å². The second-order valence-corrected chi connectivity index (χ2v) is 7.75. The van der Waals surface area contributed by atoms with Crippen molar-refractivity contribution in [1.82, 2.24) is 10.3 Å². The van der Waals surface area contributed by atoms with Crippen molar-refractivity contribution in [3.8, 4) is 5.75 Å². The zero-order valence-corrected chi connectivity index (χ0v) is 18.3. The number of hydrogen-bond donors (Lipinski definition) is 3. The van der Waals surface area contributed by atoms with Gasteiger partial charge in [0, 0.05) is 31.8 Å². The van der Waals surface area contributed by atoms with Crippen LogP contribution in [0.4, 0.5) is 31.7 Å². The van der Waals surface area contributed by atoms with Crippen molar-refractivity contribution >= 4 is 40.6 Å². The third kappa shape index (κ3) is 3.83. The molecule has 2 heterocycles. The van der Waals surface area contributed by atoms with E-state index in [1.807, 2.05) is 0 Å². The molecule has 2 aromatic rings. The lowest BCUT2D eigenvalue weighted by molar-refractivity contribution is -0.141. The van der Waals surface area contributed by atoms with Crippen LogP contribution in [-0.4, -0.2) is 43.4 Å². The van der Waals surface area contributed by atoms with Crippen LogP contribution >= 0.6 is 0 Å². The molecule has 1 aliphatic carbocycles. The number of rotatable bonds is 7. The van der Waals surface area contributed by atoms with Gasteiger partial charge >= 0.3 is 11.8 Å². The number of carbonyl (C=O) groups is 3. The summed E-state index contributed by atoms with van der Waals surface area (Å²) in [5.41, 5.74) is 0.218. The van der Waals surface area contributed by atoms with Gasteiger partial charge in [-0.05, 0) is 31.9 Å². The molecule has 11 heteroatoms. The van der Waals surface area contributed by atoms with E-state index in [9.17, 15) is 23.2 Å². The summed E-state index contributed by atoms with van der Waals surface area (Å²) < 4.78 is 34.5. The lowest BCUT2D eigenvalue weighted by Gasteiger charge is -2.20. The molecule has 33 heavy (non-hydrogen) atoms. The number of anilines is 4. The van der Waals surface area contributed by atoms with Gasteiger partial charge in [-0.2, -0.15) is 8.78 Å². The van der Waals surface area contributed by atoms with Crippen molar-refractivity contribution in [3.63, 3.8) is 0 Å². The highest BCUT2D eigenvalue weighted by Gasteiger charge is 2.54. The average molecular weight is 459 g/mol. The van der Waals surface area contributed by atoms with Gasteiger partial charge in [-0.3, -0.25) is 14.4 Å². The predicted molar refractivity (Wildman–Crippen MR) is 117 cm³/mol. The Kier molecular flexibility index (Phi) is 5.64. The molecule has 3 N–H and O–H groups in total. The van der Waals surface area contributed by atoms with Crippen molar-refractivity contribution in [2.24, 2.45) is 5.92 Å². The van der Waals surface area contributed by atoms with Gasteiger partial charge in [-0.25, -0.2) is 4.98 Å². The lowest BCUT2D eigenvalue weighted by atomic mass is 10.1. The Morgan fingerprint density at radius 1 is 1.27 bits per heavy atom. The zero-order chi connectivity index (χ0) is 23.9. The number of nitrogens with one attached hydrogen (secondary N) is 3. The Balaban J connectivity index is 1.77. The number of amides is 3. The predicted octanol–water partition coefficient (Wildman–Crippen LogP) is 3.00. The first-order valence-corrected chi connectivity index (χ1v) is 10.4. The minimum atomic E-state index is -3.67. The number of pyridine rings is 1. The largest absolute Gasteiger partial charge is 0.492 e. The SMILES string of the molecule is CCN1C(=O)C(F)(F)c2ccc(Nc3cc(NC(=O)C4CC4)ncc3C(=O)NC)c(OC)c21. The van der Waals surface area contributed by atoms with Gasteiger partial charge in [-0.1, -0.05) is 0 Å². The van der Waals surface area contributed by atoms with Crippen LogP contribution in [0.3, 0.4) is 0 Å². The minimum absolute atomic E-state index is 0.0251. The van der Waals surface area contributed by atoms with Crippen LogP contribution in [0.1, 0.15) is 35.7 Å². The van der Waals surface area contributed by atoms with Crippen LogP contribution in [-0.2, 0) is 15.5 Å². The quantitative estimate of drug-likeness (QED) is 0.587. The van der Waals surface area contributed by atoms with E-state index in [0.717, 1.165) is 23.8 Å². The molecule has 1 fully saturated rings. The first-order valence-electron chi connectivity index (χ1n) is 10.4. The number of alkyl halides is 2. The second kappa shape index (κ2) is 8.30. The molecule has 1 saturated carbocycles. The van der Waals surface area contributed by atoms with E-state index < -0.39 is 23.3 Å². The monoisotopic (exact) mass is 459 g/mol. The van der Waals surface area contributed by atoms with Crippen LogP contribution in [0.2, 0.25) is 0 Å². The first-order chi connectivity index (χ1) is 15.7. The first kappa shape index (κ1) is 22.4. The van der Waals surface area contributed by atoms with E-state index in [1.165, 1.54) is 32.5 Å². The third-order valence-electron chi connectivity index (χ3n) is 5.62. The average Bonchev–Trinajstić information content (AvgIpc) is 3.62. The second-order valence-electron chi connectivity index (χ2n) is 7.75. The molecule has 3 amide bonds. The number of hydrogen-bond acceptors (Lipinski definition) is 6. The summed E-state index contributed by atoms with van der Waals surface area (Å²) in [6.45, 7) is 1.61. The van der Waals surface area contributed by atoms with Crippen LogP contribution in [0.5, 0.6) is 5.75 Å². The summed E-state index contributed by atoms with van der Waals surface area (Å²) in [6, 6.07) is 3.99. The van der Waals surface area contributed by atoms with E-state index in [1.54, 1.807) is 6.92 Å². The molecule has 1 aromatic heterocycles. The van der Waals surface area contributed by atoms with Gasteiger partial charge in [0.25, 0.3) is 5.91 Å². The summed E-state index contributed by atoms with van der Waals surface area (Å²) in [7, 11) is 2.76. The van der Waals surface area contributed by atoms with E-state index in [-0.39, 0.29) is 52.6 Å². The third-order valence-corrected chi connectivity index (χ3v) is 5.62. The molecular formula is C22H23F2N5O4. The molecule has 0 unspecified atom stereocenters. The molecule has 0 radical (unpaired) electrons. The molecule has 174 valence electrons. The summed E-state index contributed by atoms with van der Waals surface area (Å²) in [6.07, 6.45) is 2.94. The number of ether oxygens (including phenoxy) is 1. The summed E-state index contributed by atoms with van der Waals surface area (Å²) in [4.78, 5) is 41.9. The molecular weight excluding hydrogens is 436 g/mol. The number of methoxy groups -OCH3 is 1. The maximum atomic E-state index is 14.5. The fraction of sp³-hybridized carbons (Fsp3) is 0.364. The standard InChI is InChI=1S/C22H23F2N5O4/c1-4-29-17-13(22(23,24)21(29)32)7-8-14(18(17)33-3)27-15-9-16(28-19(30)11-5-6-11)26-10-12(15)20(31)25-2/h7-11H,4-6H2,1-3H3,(H,25,31)(H2,26,27,28,30). The van der Waals surface area contributed by atoms with Gasteiger partial charge in [0.05, 0.1) is 35.3 Å². The molecule has 1 aliphatic heterocycles. The maximum absolute atomic E-state index is 14.5. The molecule has 2 aliphatic rings. The van der Waals surface area contributed by atoms with E-state index in [4.69, 9.17) is 4.74 Å². The van der Waals surface area contributed by atoms with Crippen LogP contribution < -0.4 is 25.6 Å². The Morgan fingerprint density at radius 3 is 2.61 bits per heavy atom. The van der Waals surface area contributed by atoms with E-state index in [0.29, 0.717) is 0 Å². The Hall–Kier alpha value is -3.76. The number of fused-ring (bicyclic) bond motifs is 1. The Morgan fingerprint density at radius 2 is 2.00 bits per heavy atom. The Labute approximate surface area is 188 Å². The molecule has 4 rings (SSSR count). The molecule has 9 nitrogen and oxygen atoms in total. The number of halogens is 2. The maximum Gasteiger partial charge on any atom is 0.352 e. The lowest BCUT2D eigenvalue weighted by Crippen LogP contribution is -2.34. The number of aromatic nitrogens is 1. The normalized spacial score (nSPS) is 16.3. The van der Waals surface area contributed by atoms with Gasteiger partial charge < -0.3 is 25.6 Å². The van der Waals surface area contributed by atoms with E-state index in [2.05, 4.69) is 20.9 Å². The minimum Gasteiger partial charge on any atom is -0.492 e. The number of likely N-dealkylation sites (N-methyl/N-ethyl adjacent to an activating group) is 1. The van der Waals surface area contributed by atoms with Crippen molar-refractivity contribution in [2.75, 3.05) is 36.2 Å². The van der Waals surface area contributed by atoms with Gasteiger partial charge in [0.2, 0.25) is 5.91 Å². The number of carbonyl (C=O) groups excluding carboxylic acids is 3. The molecule has 1 aromatic carbocycles. The summed E-state index contributed by atoms with van der Waals surface area (Å²) in [5.74, 6) is -5.37. The Bertz CT molecular complexity index is 1150.